The van der Waals surface area contributed by atoms with E-state index in [2.05, 4.69) is 10.3 Å². The Morgan fingerprint density at radius 1 is 1.50 bits per heavy atom. The summed E-state index contributed by atoms with van der Waals surface area (Å²) in [4.78, 5) is 3.91. The third-order valence-electron chi connectivity index (χ3n) is 3.46. The van der Waals surface area contributed by atoms with Gasteiger partial charge in [0.1, 0.15) is 12.4 Å². The third kappa shape index (κ3) is 3.05. The summed E-state index contributed by atoms with van der Waals surface area (Å²) >= 11 is 0. The minimum atomic E-state index is -2.56. The molecule has 0 amide bonds. The van der Waals surface area contributed by atoms with E-state index in [0.29, 0.717) is 6.04 Å². The maximum atomic E-state index is 12.6. The summed E-state index contributed by atoms with van der Waals surface area (Å²) in [7, 11) is 1.91. The number of ether oxygens (including phenoxy) is 1. The minimum absolute atomic E-state index is 0.0894. The van der Waals surface area contributed by atoms with E-state index in [0.717, 1.165) is 23.8 Å². The maximum Gasteiger partial charge on any atom is 0.320 e. The highest BCUT2D eigenvalue weighted by Gasteiger charge is 2.25. The van der Waals surface area contributed by atoms with Crippen molar-refractivity contribution in [1.82, 2.24) is 14.9 Å². The molecule has 4 nitrogen and oxygen atoms in total. The number of aromatic nitrogens is 2. The Hall–Kier alpha value is -1.01. The molecule has 102 valence electrons. The van der Waals surface area contributed by atoms with Gasteiger partial charge >= 0.3 is 6.55 Å². The first-order valence-corrected chi connectivity index (χ1v) is 6.31. The SMILES string of the molecule is CNC1CCCCC1OCc1nccn1C(F)F. The van der Waals surface area contributed by atoms with Gasteiger partial charge in [-0.15, -0.1) is 0 Å². The number of nitrogens with zero attached hydrogens (tertiary/aromatic N) is 2. The highest BCUT2D eigenvalue weighted by Crippen LogP contribution is 2.22. The van der Waals surface area contributed by atoms with Crippen molar-refractivity contribution in [3.8, 4) is 0 Å². The smallest absolute Gasteiger partial charge is 0.320 e. The van der Waals surface area contributed by atoms with E-state index in [4.69, 9.17) is 4.74 Å². The van der Waals surface area contributed by atoms with Gasteiger partial charge < -0.3 is 10.1 Å². The van der Waals surface area contributed by atoms with Crippen molar-refractivity contribution < 1.29 is 13.5 Å². The van der Waals surface area contributed by atoms with Gasteiger partial charge in [0.05, 0.1) is 6.10 Å². The van der Waals surface area contributed by atoms with Crippen molar-refractivity contribution >= 4 is 0 Å². The molecule has 1 fully saturated rings. The topological polar surface area (TPSA) is 39.1 Å². The Morgan fingerprint density at radius 3 is 3.00 bits per heavy atom. The third-order valence-corrected chi connectivity index (χ3v) is 3.46. The lowest BCUT2D eigenvalue weighted by molar-refractivity contribution is -0.0141. The van der Waals surface area contributed by atoms with Crippen LogP contribution in [0.5, 0.6) is 0 Å². The van der Waals surface area contributed by atoms with Crippen LogP contribution in [0.1, 0.15) is 38.1 Å². The highest BCUT2D eigenvalue weighted by atomic mass is 19.3. The number of hydrogen-bond acceptors (Lipinski definition) is 3. The zero-order valence-corrected chi connectivity index (χ0v) is 10.5. The molecular weight excluding hydrogens is 240 g/mol. The number of alkyl halides is 2. The largest absolute Gasteiger partial charge is 0.369 e. The van der Waals surface area contributed by atoms with E-state index >= 15 is 0 Å². The van der Waals surface area contributed by atoms with Gasteiger partial charge in [-0.25, -0.2) is 4.98 Å². The summed E-state index contributed by atoms with van der Waals surface area (Å²) in [5.41, 5.74) is 0. The molecule has 2 unspecified atom stereocenters. The Bertz CT molecular complexity index is 370. The summed E-state index contributed by atoms with van der Waals surface area (Å²) in [6.45, 7) is -2.42. The fourth-order valence-electron chi connectivity index (χ4n) is 2.44. The van der Waals surface area contributed by atoms with E-state index in [1.54, 1.807) is 0 Å². The lowest BCUT2D eigenvalue weighted by atomic mass is 9.92. The molecule has 0 saturated heterocycles. The molecule has 6 heteroatoms. The van der Waals surface area contributed by atoms with E-state index in [-0.39, 0.29) is 18.5 Å². The lowest BCUT2D eigenvalue weighted by Gasteiger charge is -2.31. The van der Waals surface area contributed by atoms with Gasteiger partial charge in [-0.05, 0) is 19.9 Å². The predicted octanol–water partition coefficient (Wildman–Crippen LogP) is 2.33. The molecule has 1 heterocycles. The number of likely N-dealkylation sites (N-methyl/N-ethyl adjacent to an activating group) is 1. The molecule has 1 aliphatic carbocycles. The van der Waals surface area contributed by atoms with Crippen molar-refractivity contribution in [2.24, 2.45) is 0 Å². The van der Waals surface area contributed by atoms with Crippen molar-refractivity contribution in [3.05, 3.63) is 18.2 Å². The summed E-state index contributed by atoms with van der Waals surface area (Å²) in [5.74, 6) is 0.283. The van der Waals surface area contributed by atoms with Crippen LogP contribution in [0.2, 0.25) is 0 Å². The van der Waals surface area contributed by atoms with Gasteiger partial charge in [0.2, 0.25) is 0 Å². The quantitative estimate of drug-likeness (QED) is 0.882. The van der Waals surface area contributed by atoms with Gasteiger partial charge in [-0.3, -0.25) is 4.57 Å². The van der Waals surface area contributed by atoms with Crippen LogP contribution in [0, 0.1) is 0 Å². The first-order valence-electron chi connectivity index (χ1n) is 6.31. The van der Waals surface area contributed by atoms with Crippen LogP contribution in [-0.4, -0.2) is 28.7 Å². The number of halogens is 2. The molecule has 1 aromatic rings. The van der Waals surface area contributed by atoms with Crippen LogP contribution >= 0.6 is 0 Å². The van der Waals surface area contributed by atoms with Gasteiger partial charge in [0, 0.05) is 18.4 Å². The summed E-state index contributed by atoms with van der Waals surface area (Å²) < 4.78 is 31.8. The molecule has 1 saturated carbocycles. The predicted molar refractivity (Wildman–Crippen MR) is 63.4 cm³/mol. The number of hydrogen-bond donors (Lipinski definition) is 1. The fourth-order valence-corrected chi connectivity index (χ4v) is 2.44. The average molecular weight is 259 g/mol. The van der Waals surface area contributed by atoms with Gasteiger partial charge in [-0.1, -0.05) is 12.8 Å². The molecule has 0 radical (unpaired) electrons. The van der Waals surface area contributed by atoms with Crippen LogP contribution in [0.4, 0.5) is 8.78 Å². The highest BCUT2D eigenvalue weighted by molar-refractivity contribution is 4.91. The van der Waals surface area contributed by atoms with Crippen LogP contribution in [0.3, 0.4) is 0 Å². The van der Waals surface area contributed by atoms with Crippen LogP contribution in [-0.2, 0) is 11.3 Å². The lowest BCUT2D eigenvalue weighted by Crippen LogP contribution is -2.41. The van der Waals surface area contributed by atoms with Gasteiger partial charge in [0.15, 0.2) is 0 Å². The van der Waals surface area contributed by atoms with E-state index in [1.165, 1.54) is 18.8 Å². The number of imidazole rings is 1. The van der Waals surface area contributed by atoms with E-state index < -0.39 is 6.55 Å². The Balaban J connectivity index is 1.91. The zero-order chi connectivity index (χ0) is 13.0. The van der Waals surface area contributed by atoms with Crippen molar-refractivity contribution in [1.29, 1.82) is 0 Å². The second kappa shape index (κ2) is 6.24. The second-order valence-corrected chi connectivity index (χ2v) is 4.56. The maximum absolute atomic E-state index is 12.6. The minimum Gasteiger partial charge on any atom is -0.369 e. The van der Waals surface area contributed by atoms with Crippen molar-refractivity contribution in [2.75, 3.05) is 7.05 Å². The van der Waals surface area contributed by atoms with Gasteiger partial charge in [0.25, 0.3) is 0 Å². The molecule has 1 aromatic heterocycles. The Morgan fingerprint density at radius 2 is 2.28 bits per heavy atom. The molecule has 0 aliphatic heterocycles. The standard InChI is InChI=1S/C12H19F2N3O/c1-15-9-4-2-3-5-10(9)18-8-11-16-6-7-17(11)12(13)14/h6-7,9-10,12,15H,2-5,8H2,1H3. The molecule has 18 heavy (non-hydrogen) atoms. The summed E-state index contributed by atoms with van der Waals surface area (Å²) in [5, 5.41) is 3.22. The van der Waals surface area contributed by atoms with Crippen LogP contribution in [0.25, 0.3) is 0 Å². The first-order chi connectivity index (χ1) is 8.72. The zero-order valence-electron chi connectivity index (χ0n) is 10.5. The monoisotopic (exact) mass is 259 g/mol. The fraction of sp³-hybridized carbons (Fsp3) is 0.750. The molecule has 1 N–H and O–H groups in total. The molecule has 0 aromatic carbocycles. The first kappa shape index (κ1) is 13.4. The van der Waals surface area contributed by atoms with E-state index in [1.807, 2.05) is 7.05 Å². The summed E-state index contributed by atoms with van der Waals surface area (Å²) in [6, 6.07) is 0.314. The Kier molecular flexibility index (Phi) is 4.66. The Labute approximate surface area is 105 Å². The molecule has 0 spiro atoms. The van der Waals surface area contributed by atoms with Crippen molar-refractivity contribution in [2.45, 2.75) is 51.0 Å². The molecular formula is C12H19F2N3O. The van der Waals surface area contributed by atoms with Crippen molar-refractivity contribution in [3.63, 3.8) is 0 Å². The second-order valence-electron chi connectivity index (χ2n) is 4.56. The normalized spacial score (nSPS) is 24.7. The molecule has 2 rings (SSSR count). The van der Waals surface area contributed by atoms with Crippen LogP contribution in [0.15, 0.2) is 12.4 Å². The molecule has 1 aliphatic rings. The number of nitrogens with one attached hydrogen (secondary N) is 1. The molecule has 2 atom stereocenters. The van der Waals surface area contributed by atoms with Crippen LogP contribution < -0.4 is 5.32 Å². The summed E-state index contributed by atoms with van der Waals surface area (Å²) in [6.07, 6.45) is 7.11. The average Bonchev–Trinajstić information content (AvgIpc) is 2.85. The van der Waals surface area contributed by atoms with Gasteiger partial charge in [-0.2, -0.15) is 8.78 Å². The molecule has 0 bridgehead atoms. The number of rotatable bonds is 5. The van der Waals surface area contributed by atoms with E-state index in [9.17, 15) is 8.78 Å².